The summed E-state index contributed by atoms with van der Waals surface area (Å²) in [5, 5.41) is 2.83. The molecule has 0 atom stereocenters. The van der Waals surface area contributed by atoms with Gasteiger partial charge in [-0.1, -0.05) is 29.8 Å². The predicted octanol–water partition coefficient (Wildman–Crippen LogP) is 3.25. The molecule has 172 valence electrons. The third-order valence-electron chi connectivity index (χ3n) is 5.39. The monoisotopic (exact) mass is 466 g/mol. The summed E-state index contributed by atoms with van der Waals surface area (Å²) in [5.74, 6) is 0.921. The van der Waals surface area contributed by atoms with Gasteiger partial charge in [-0.05, 0) is 50.2 Å². The Kier molecular flexibility index (Phi) is 6.62. The molecule has 2 aromatic carbocycles. The van der Waals surface area contributed by atoms with Crippen LogP contribution in [0.15, 0.2) is 76.2 Å². The van der Waals surface area contributed by atoms with Crippen molar-refractivity contribution >= 4 is 27.0 Å². The Labute approximate surface area is 192 Å². The van der Waals surface area contributed by atoms with Crippen LogP contribution < -0.4 is 5.32 Å². The van der Waals surface area contributed by atoms with Crippen LogP contribution in [-0.4, -0.2) is 41.3 Å². The Hall–Kier alpha value is -3.43. The Morgan fingerprint density at radius 3 is 2.55 bits per heavy atom. The van der Waals surface area contributed by atoms with E-state index in [1.165, 1.54) is 6.26 Å². The van der Waals surface area contributed by atoms with Crippen LogP contribution in [-0.2, 0) is 27.9 Å². The van der Waals surface area contributed by atoms with E-state index >= 15 is 0 Å². The molecule has 4 rings (SSSR count). The van der Waals surface area contributed by atoms with Crippen molar-refractivity contribution in [2.45, 2.75) is 31.8 Å². The Bertz CT molecular complexity index is 1340. The van der Waals surface area contributed by atoms with Gasteiger partial charge < -0.3 is 14.3 Å². The topological polar surface area (TPSA) is 97.4 Å². The number of aromatic nitrogens is 2. The smallest absolute Gasteiger partial charge is 0.243 e. The van der Waals surface area contributed by atoms with Gasteiger partial charge in [-0.15, -0.1) is 0 Å². The van der Waals surface area contributed by atoms with E-state index < -0.39 is 10.0 Å². The van der Waals surface area contributed by atoms with Gasteiger partial charge in [-0.2, -0.15) is 4.31 Å². The largest absolute Gasteiger partial charge is 0.468 e. The van der Waals surface area contributed by atoms with Crippen LogP contribution in [0.5, 0.6) is 0 Å². The van der Waals surface area contributed by atoms with Crippen molar-refractivity contribution in [2.24, 2.45) is 0 Å². The van der Waals surface area contributed by atoms with E-state index in [2.05, 4.69) is 10.3 Å². The quantitative estimate of drug-likeness (QED) is 0.408. The standard InChI is InChI=1S/C24H26N4O4S/c1-18-9-11-21(12-10-18)33(30,31)27(16-20-6-5-15-32-20)17-24(29)25-13-14-28-19(2)26-22-7-3-4-8-23(22)28/h3-12,15H,13-14,16-17H2,1-2H3,(H,25,29). The number of benzene rings is 2. The van der Waals surface area contributed by atoms with Crippen molar-refractivity contribution < 1.29 is 17.6 Å². The molecule has 1 amide bonds. The molecule has 0 aliphatic heterocycles. The number of carbonyl (C=O) groups is 1. The molecule has 0 aliphatic carbocycles. The van der Waals surface area contributed by atoms with Crippen molar-refractivity contribution in [3.8, 4) is 0 Å². The van der Waals surface area contributed by atoms with Crippen molar-refractivity contribution in [1.82, 2.24) is 19.2 Å². The summed E-state index contributed by atoms with van der Waals surface area (Å²) in [7, 11) is -3.90. The number of rotatable bonds is 9. The van der Waals surface area contributed by atoms with E-state index in [1.807, 2.05) is 42.7 Å². The molecule has 0 aliphatic rings. The van der Waals surface area contributed by atoms with Crippen LogP contribution in [0.4, 0.5) is 0 Å². The van der Waals surface area contributed by atoms with Crippen molar-refractivity contribution in [3.05, 3.63) is 84.1 Å². The van der Waals surface area contributed by atoms with Gasteiger partial charge >= 0.3 is 0 Å². The molecule has 0 saturated carbocycles. The Morgan fingerprint density at radius 1 is 1.06 bits per heavy atom. The third kappa shape index (κ3) is 5.15. The number of carbonyl (C=O) groups excluding carboxylic acids is 1. The normalized spacial score (nSPS) is 11.8. The van der Waals surface area contributed by atoms with Gasteiger partial charge in [0.05, 0.1) is 35.3 Å². The van der Waals surface area contributed by atoms with Crippen molar-refractivity contribution in [2.75, 3.05) is 13.1 Å². The molecular weight excluding hydrogens is 440 g/mol. The molecule has 0 radical (unpaired) electrons. The Morgan fingerprint density at radius 2 is 1.82 bits per heavy atom. The number of fused-ring (bicyclic) bond motifs is 1. The lowest BCUT2D eigenvalue weighted by molar-refractivity contribution is -0.121. The summed E-state index contributed by atoms with van der Waals surface area (Å²) in [5.41, 5.74) is 2.84. The lowest BCUT2D eigenvalue weighted by atomic mass is 10.2. The number of hydrogen-bond acceptors (Lipinski definition) is 5. The minimum absolute atomic E-state index is 0.0398. The van der Waals surface area contributed by atoms with Crippen molar-refractivity contribution in [1.29, 1.82) is 0 Å². The molecule has 2 aromatic heterocycles. The summed E-state index contributed by atoms with van der Waals surface area (Å²) in [6, 6.07) is 17.7. The highest BCUT2D eigenvalue weighted by atomic mass is 32.2. The first-order chi connectivity index (χ1) is 15.8. The fraction of sp³-hybridized carbons (Fsp3) is 0.250. The predicted molar refractivity (Wildman–Crippen MR) is 125 cm³/mol. The first-order valence-corrected chi connectivity index (χ1v) is 12.1. The van der Waals surface area contributed by atoms with Gasteiger partial charge in [0.1, 0.15) is 11.6 Å². The number of aryl methyl sites for hydroxylation is 2. The molecular formula is C24H26N4O4S. The van der Waals surface area contributed by atoms with Crippen molar-refractivity contribution in [3.63, 3.8) is 0 Å². The van der Waals surface area contributed by atoms with Crippen LogP contribution in [0.25, 0.3) is 11.0 Å². The molecule has 0 saturated heterocycles. The zero-order chi connectivity index (χ0) is 23.4. The molecule has 9 heteroatoms. The minimum Gasteiger partial charge on any atom is -0.468 e. The second-order valence-electron chi connectivity index (χ2n) is 7.81. The fourth-order valence-electron chi connectivity index (χ4n) is 3.66. The fourth-order valence-corrected chi connectivity index (χ4v) is 5.03. The highest BCUT2D eigenvalue weighted by molar-refractivity contribution is 7.89. The van der Waals surface area contributed by atoms with Crippen LogP contribution in [0.1, 0.15) is 17.1 Å². The molecule has 0 unspecified atom stereocenters. The number of imidazole rings is 1. The first-order valence-electron chi connectivity index (χ1n) is 10.6. The van der Waals surface area contributed by atoms with E-state index in [0.29, 0.717) is 18.8 Å². The second kappa shape index (κ2) is 9.60. The first kappa shape index (κ1) is 22.8. The van der Waals surface area contributed by atoms with Gasteiger partial charge in [0.15, 0.2) is 0 Å². The number of para-hydroxylation sites is 2. The number of furan rings is 1. The van der Waals surface area contributed by atoms with Gasteiger partial charge in [-0.25, -0.2) is 13.4 Å². The molecule has 2 heterocycles. The van der Waals surface area contributed by atoms with E-state index in [0.717, 1.165) is 26.7 Å². The molecule has 8 nitrogen and oxygen atoms in total. The van der Waals surface area contributed by atoms with Gasteiger partial charge in [0.25, 0.3) is 0 Å². The summed E-state index contributed by atoms with van der Waals surface area (Å²) >= 11 is 0. The maximum absolute atomic E-state index is 13.2. The lowest BCUT2D eigenvalue weighted by Gasteiger charge is -2.21. The highest BCUT2D eigenvalue weighted by Gasteiger charge is 2.27. The number of nitrogens with zero attached hydrogens (tertiary/aromatic N) is 3. The summed E-state index contributed by atoms with van der Waals surface area (Å²) in [4.78, 5) is 17.4. The summed E-state index contributed by atoms with van der Waals surface area (Å²) in [6.45, 7) is 4.32. The average Bonchev–Trinajstić information content (AvgIpc) is 3.41. The highest BCUT2D eigenvalue weighted by Crippen LogP contribution is 2.19. The van der Waals surface area contributed by atoms with Gasteiger partial charge in [0, 0.05) is 13.1 Å². The van der Waals surface area contributed by atoms with E-state index in [9.17, 15) is 13.2 Å². The van der Waals surface area contributed by atoms with Crippen LogP contribution in [0, 0.1) is 13.8 Å². The Balaban J connectivity index is 1.45. The lowest BCUT2D eigenvalue weighted by Crippen LogP contribution is -2.41. The molecule has 0 spiro atoms. The zero-order valence-electron chi connectivity index (χ0n) is 18.6. The number of hydrogen-bond donors (Lipinski definition) is 1. The maximum atomic E-state index is 13.2. The van der Waals surface area contributed by atoms with Gasteiger partial charge in [0.2, 0.25) is 15.9 Å². The van der Waals surface area contributed by atoms with Gasteiger partial charge in [-0.3, -0.25) is 4.79 Å². The second-order valence-corrected chi connectivity index (χ2v) is 9.75. The van der Waals surface area contributed by atoms with Crippen LogP contribution >= 0.6 is 0 Å². The number of nitrogens with one attached hydrogen (secondary N) is 1. The average molecular weight is 467 g/mol. The molecule has 33 heavy (non-hydrogen) atoms. The van der Waals surface area contributed by atoms with E-state index in [-0.39, 0.29) is 23.9 Å². The molecule has 1 N–H and O–H groups in total. The van der Waals surface area contributed by atoms with Crippen LogP contribution in [0.3, 0.4) is 0 Å². The maximum Gasteiger partial charge on any atom is 0.243 e. The number of amides is 1. The molecule has 4 aromatic rings. The summed E-state index contributed by atoms with van der Waals surface area (Å²) < 4.78 is 35.0. The zero-order valence-corrected chi connectivity index (χ0v) is 19.4. The SMILES string of the molecule is Cc1ccc(S(=O)(=O)N(CC(=O)NCCn2c(C)nc3ccccc32)Cc2ccco2)cc1. The third-order valence-corrected chi connectivity index (χ3v) is 7.20. The van der Waals surface area contributed by atoms with Crippen LogP contribution in [0.2, 0.25) is 0 Å². The molecule has 0 bridgehead atoms. The summed E-state index contributed by atoms with van der Waals surface area (Å²) in [6.07, 6.45) is 1.48. The minimum atomic E-state index is -3.90. The molecule has 0 fully saturated rings. The van der Waals surface area contributed by atoms with E-state index in [4.69, 9.17) is 4.42 Å². The van der Waals surface area contributed by atoms with E-state index in [1.54, 1.807) is 36.4 Å². The number of sulfonamides is 1.